The Labute approximate surface area is 162 Å². The lowest BCUT2D eigenvalue weighted by Crippen LogP contribution is -2.27. The number of nitrogens with zero attached hydrogens (tertiary/aromatic N) is 3. The van der Waals surface area contributed by atoms with E-state index >= 15 is 0 Å². The third-order valence-electron chi connectivity index (χ3n) is 4.12. The maximum absolute atomic E-state index is 12.0. The van der Waals surface area contributed by atoms with Crippen molar-refractivity contribution in [3.05, 3.63) is 53.8 Å². The number of hydrogen-bond donors (Lipinski definition) is 2. The first kappa shape index (κ1) is 19.0. The lowest BCUT2D eigenvalue weighted by molar-refractivity contribution is -0.118. The van der Waals surface area contributed by atoms with Gasteiger partial charge in [0.1, 0.15) is 0 Å². The van der Waals surface area contributed by atoms with E-state index in [9.17, 15) is 4.79 Å². The SMILES string of the molecule is CC(C)c1ccc(CCNC(=O)CSc2nnc(-c3ccco3)n2N)cc1. The Morgan fingerprint density at radius 3 is 2.70 bits per heavy atom. The Morgan fingerprint density at radius 1 is 1.26 bits per heavy atom. The summed E-state index contributed by atoms with van der Waals surface area (Å²) in [5, 5.41) is 11.4. The van der Waals surface area contributed by atoms with Crippen molar-refractivity contribution >= 4 is 17.7 Å². The second-order valence-corrected chi connectivity index (χ2v) is 7.38. The number of nitrogens with two attached hydrogens (primary N) is 1. The summed E-state index contributed by atoms with van der Waals surface area (Å²) in [6.07, 6.45) is 2.34. The van der Waals surface area contributed by atoms with Crippen LogP contribution in [0.25, 0.3) is 11.6 Å². The lowest BCUT2D eigenvalue weighted by atomic mass is 10.0. The Bertz CT molecular complexity index is 872. The number of aromatic nitrogens is 3. The van der Waals surface area contributed by atoms with Gasteiger partial charge in [0, 0.05) is 6.54 Å². The van der Waals surface area contributed by atoms with Gasteiger partial charge in [-0.15, -0.1) is 10.2 Å². The van der Waals surface area contributed by atoms with Crippen molar-refractivity contribution in [1.29, 1.82) is 0 Å². The normalized spacial score (nSPS) is 11.1. The lowest BCUT2D eigenvalue weighted by Gasteiger charge is -2.08. The second kappa shape index (κ2) is 8.77. The van der Waals surface area contributed by atoms with Crippen molar-refractivity contribution < 1.29 is 9.21 Å². The highest BCUT2D eigenvalue weighted by Gasteiger charge is 2.15. The molecule has 2 aromatic heterocycles. The molecule has 142 valence electrons. The Kier molecular flexibility index (Phi) is 6.18. The maximum atomic E-state index is 12.0. The molecule has 0 unspecified atom stereocenters. The number of nitrogen functional groups attached to an aromatic ring is 1. The van der Waals surface area contributed by atoms with Crippen LogP contribution in [-0.4, -0.2) is 33.1 Å². The van der Waals surface area contributed by atoms with Crippen LogP contribution in [-0.2, 0) is 11.2 Å². The van der Waals surface area contributed by atoms with Crippen molar-refractivity contribution in [2.24, 2.45) is 0 Å². The second-order valence-electron chi connectivity index (χ2n) is 6.44. The van der Waals surface area contributed by atoms with Crippen LogP contribution in [0.1, 0.15) is 30.9 Å². The average Bonchev–Trinajstić information content (AvgIpc) is 3.30. The molecule has 3 N–H and O–H groups in total. The molecule has 0 bridgehead atoms. The van der Waals surface area contributed by atoms with E-state index in [4.69, 9.17) is 10.3 Å². The molecule has 1 aromatic carbocycles. The van der Waals surface area contributed by atoms with Crippen molar-refractivity contribution in [2.75, 3.05) is 18.1 Å². The van der Waals surface area contributed by atoms with Crippen molar-refractivity contribution in [3.63, 3.8) is 0 Å². The maximum Gasteiger partial charge on any atom is 0.230 e. The zero-order valence-corrected chi connectivity index (χ0v) is 16.2. The molecule has 0 atom stereocenters. The van der Waals surface area contributed by atoms with Gasteiger partial charge in [0.05, 0.1) is 12.0 Å². The molecule has 0 aliphatic carbocycles. The summed E-state index contributed by atoms with van der Waals surface area (Å²) in [6.45, 7) is 4.94. The fourth-order valence-corrected chi connectivity index (χ4v) is 3.23. The predicted octanol–water partition coefficient (Wildman–Crippen LogP) is 2.83. The third kappa shape index (κ3) is 4.91. The van der Waals surface area contributed by atoms with Crippen LogP contribution >= 0.6 is 11.8 Å². The molecule has 7 nitrogen and oxygen atoms in total. The van der Waals surface area contributed by atoms with Crippen LogP contribution in [0, 0.1) is 0 Å². The van der Waals surface area contributed by atoms with Crippen LogP contribution in [0.2, 0.25) is 0 Å². The minimum absolute atomic E-state index is 0.0682. The van der Waals surface area contributed by atoms with Gasteiger partial charge in [-0.05, 0) is 35.6 Å². The number of thioether (sulfide) groups is 1. The van der Waals surface area contributed by atoms with Gasteiger partial charge < -0.3 is 15.6 Å². The summed E-state index contributed by atoms with van der Waals surface area (Å²) in [5.74, 6) is 7.60. The van der Waals surface area contributed by atoms with Crippen molar-refractivity contribution in [1.82, 2.24) is 20.2 Å². The van der Waals surface area contributed by atoms with E-state index < -0.39 is 0 Å². The van der Waals surface area contributed by atoms with E-state index in [1.54, 1.807) is 18.4 Å². The largest absolute Gasteiger partial charge is 0.461 e. The van der Waals surface area contributed by atoms with E-state index in [1.807, 2.05) is 0 Å². The number of nitrogens with one attached hydrogen (secondary N) is 1. The van der Waals surface area contributed by atoms with E-state index in [0.29, 0.717) is 29.2 Å². The fourth-order valence-electron chi connectivity index (χ4n) is 2.55. The van der Waals surface area contributed by atoms with Gasteiger partial charge in [-0.25, -0.2) is 4.68 Å². The zero-order valence-electron chi connectivity index (χ0n) is 15.4. The van der Waals surface area contributed by atoms with E-state index in [2.05, 4.69) is 53.6 Å². The average molecular weight is 385 g/mol. The Morgan fingerprint density at radius 2 is 2.04 bits per heavy atom. The molecule has 0 aliphatic heterocycles. The molecule has 3 aromatic rings. The molecule has 8 heteroatoms. The number of amides is 1. The molecule has 0 radical (unpaired) electrons. The quantitative estimate of drug-likeness (QED) is 0.457. The molecule has 0 spiro atoms. The van der Waals surface area contributed by atoms with Gasteiger partial charge >= 0.3 is 0 Å². The molecule has 1 amide bonds. The summed E-state index contributed by atoms with van der Waals surface area (Å²) >= 11 is 1.24. The van der Waals surface area contributed by atoms with Crippen LogP contribution in [0.4, 0.5) is 0 Å². The first-order chi connectivity index (χ1) is 13.0. The van der Waals surface area contributed by atoms with Crippen molar-refractivity contribution in [2.45, 2.75) is 31.3 Å². The van der Waals surface area contributed by atoms with Crippen molar-refractivity contribution in [3.8, 4) is 11.6 Å². The molecule has 0 fully saturated rings. The Hall–Kier alpha value is -2.74. The fraction of sp³-hybridized carbons (Fsp3) is 0.316. The highest BCUT2D eigenvalue weighted by Crippen LogP contribution is 2.21. The zero-order chi connectivity index (χ0) is 19.2. The number of hydrogen-bond acceptors (Lipinski definition) is 6. The number of carbonyl (C=O) groups is 1. The van der Waals surface area contributed by atoms with Crippen LogP contribution in [0.3, 0.4) is 0 Å². The standard InChI is InChI=1S/C19H23N5O2S/c1-13(2)15-7-5-14(6-8-15)9-10-21-17(25)12-27-19-23-22-18(24(19)20)16-4-3-11-26-16/h3-8,11,13H,9-10,12,20H2,1-2H3,(H,21,25). The first-order valence-electron chi connectivity index (χ1n) is 8.77. The van der Waals surface area contributed by atoms with Gasteiger partial charge in [0.25, 0.3) is 0 Å². The molecule has 27 heavy (non-hydrogen) atoms. The number of rotatable bonds is 8. The molecule has 0 saturated carbocycles. The highest BCUT2D eigenvalue weighted by molar-refractivity contribution is 7.99. The monoisotopic (exact) mass is 385 g/mol. The molecular weight excluding hydrogens is 362 g/mol. The topological polar surface area (TPSA) is 99.0 Å². The van der Waals surface area contributed by atoms with Gasteiger partial charge in [-0.1, -0.05) is 49.9 Å². The van der Waals surface area contributed by atoms with Gasteiger partial charge in [0.2, 0.25) is 16.9 Å². The van der Waals surface area contributed by atoms with E-state index in [-0.39, 0.29) is 11.7 Å². The summed E-state index contributed by atoms with van der Waals surface area (Å²) in [7, 11) is 0. The smallest absolute Gasteiger partial charge is 0.230 e. The first-order valence-corrected chi connectivity index (χ1v) is 9.76. The number of carbonyl (C=O) groups excluding carboxylic acids is 1. The predicted molar refractivity (Wildman–Crippen MR) is 106 cm³/mol. The van der Waals surface area contributed by atoms with Gasteiger partial charge in [0.15, 0.2) is 5.76 Å². The van der Waals surface area contributed by atoms with Gasteiger partial charge in [-0.2, -0.15) is 0 Å². The molecule has 2 heterocycles. The summed E-state index contributed by atoms with van der Waals surface area (Å²) in [6, 6.07) is 12.0. The van der Waals surface area contributed by atoms with Crippen LogP contribution < -0.4 is 11.2 Å². The summed E-state index contributed by atoms with van der Waals surface area (Å²) < 4.78 is 6.59. The van der Waals surface area contributed by atoms with E-state index in [1.165, 1.54) is 27.6 Å². The minimum Gasteiger partial charge on any atom is -0.461 e. The highest BCUT2D eigenvalue weighted by atomic mass is 32.2. The number of benzene rings is 1. The summed E-state index contributed by atoms with van der Waals surface area (Å²) in [4.78, 5) is 12.0. The number of furan rings is 1. The third-order valence-corrected chi connectivity index (χ3v) is 5.06. The van der Waals surface area contributed by atoms with Crippen LogP contribution in [0.5, 0.6) is 0 Å². The summed E-state index contributed by atoms with van der Waals surface area (Å²) in [5.41, 5.74) is 2.52. The van der Waals surface area contributed by atoms with Crippen LogP contribution in [0.15, 0.2) is 52.2 Å². The molecule has 0 saturated heterocycles. The minimum atomic E-state index is -0.0682. The molecule has 0 aliphatic rings. The Balaban J connectivity index is 1.44. The van der Waals surface area contributed by atoms with E-state index in [0.717, 1.165) is 6.42 Å². The molecular formula is C19H23N5O2S. The van der Waals surface area contributed by atoms with Gasteiger partial charge in [-0.3, -0.25) is 4.79 Å². The molecule has 3 rings (SSSR count).